The number of benzene rings is 1. The van der Waals surface area contributed by atoms with Gasteiger partial charge in [0.15, 0.2) is 0 Å². The second kappa shape index (κ2) is 9.25. The van der Waals surface area contributed by atoms with Gasteiger partial charge < -0.3 is 21.1 Å². The summed E-state index contributed by atoms with van der Waals surface area (Å²) in [5.74, 6) is -0.623. The summed E-state index contributed by atoms with van der Waals surface area (Å²) in [6, 6.07) is 6.61. The maximum Gasteiger partial charge on any atom is 0.405 e. The molecule has 1 aromatic carbocycles. The highest BCUT2D eigenvalue weighted by atomic mass is 32.1. The van der Waals surface area contributed by atoms with Gasteiger partial charge in [-0.2, -0.15) is 13.2 Å². The van der Waals surface area contributed by atoms with E-state index in [-0.39, 0.29) is 17.1 Å². The molecule has 0 saturated carbocycles. The molecule has 4 N–H and O–H groups in total. The molecule has 172 valence electrons. The lowest BCUT2D eigenvalue weighted by Crippen LogP contribution is -2.42. The van der Waals surface area contributed by atoms with Crippen LogP contribution >= 0.6 is 11.3 Å². The normalized spacial score (nSPS) is 13.1. The van der Waals surface area contributed by atoms with Crippen molar-refractivity contribution in [3.05, 3.63) is 41.5 Å². The number of hydrogen-bond acceptors (Lipinski definition) is 7. The highest BCUT2D eigenvalue weighted by Crippen LogP contribution is 2.27. The minimum absolute atomic E-state index is 0.130. The molecule has 3 rings (SSSR count). The monoisotopic (exact) mass is 471 g/mol. The van der Waals surface area contributed by atoms with Crippen LogP contribution in [0.15, 0.2) is 36.0 Å². The summed E-state index contributed by atoms with van der Waals surface area (Å²) in [5, 5.41) is 17.1. The van der Waals surface area contributed by atoms with E-state index in [0.717, 1.165) is 16.4 Å². The SMILES string of the molecule is CC(C)(O)C(F)CNC(=O)c1cnc(Nc2ccc3ncsc3c2)cc1NCC(F)(F)F. The van der Waals surface area contributed by atoms with Crippen LogP contribution in [0.1, 0.15) is 24.2 Å². The van der Waals surface area contributed by atoms with Crippen molar-refractivity contribution in [3.63, 3.8) is 0 Å². The average Bonchev–Trinajstić information content (AvgIpc) is 3.17. The maximum absolute atomic E-state index is 13.9. The number of aliphatic hydroxyl groups is 1. The summed E-state index contributed by atoms with van der Waals surface area (Å²) < 4.78 is 53.1. The van der Waals surface area contributed by atoms with Crippen LogP contribution in [0, 0.1) is 0 Å². The number of carbonyl (C=O) groups excluding carboxylic acids is 1. The van der Waals surface area contributed by atoms with Gasteiger partial charge in [0.05, 0.1) is 39.1 Å². The molecule has 2 heterocycles. The van der Waals surface area contributed by atoms with E-state index < -0.39 is 36.9 Å². The standard InChI is InChI=1S/C20H21F4N5O2S/c1-19(2,31)16(21)8-26-18(30)12-7-25-17(6-14(12)27-9-20(22,23)24)29-11-3-4-13-15(5-11)32-10-28-13/h3-7,10,16,31H,8-9H2,1-2H3,(H,26,30)(H2,25,27,29). The Labute approximate surface area is 184 Å². The van der Waals surface area contributed by atoms with E-state index in [1.54, 1.807) is 17.6 Å². The van der Waals surface area contributed by atoms with Crippen molar-refractivity contribution in [1.29, 1.82) is 0 Å². The molecule has 1 atom stereocenters. The molecule has 7 nitrogen and oxygen atoms in total. The first kappa shape index (κ1) is 23.7. The summed E-state index contributed by atoms with van der Waals surface area (Å²) in [6.07, 6.45) is -5.19. The lowest BCUT2D eigenvalue weighted by atomic mass is 10.0. The van der Waals surface area contributed by atoms with E-state index in [1.165, 1.54) is 31.3 Å². The zero-order valence-corrected chi connectivity index (χ0v) is 17.9. The molecule has 32 heavy (non-hydrogen) atoms. The van der Waals surface area contributed by atoms with Crippen molar-refractivity contribution in [3.8, 4) is 0 Å². The van der Waals surface area contributed by atoms with E-state index in [2.05, 4.69) is 25.9 Å². The summed E-state index contributed by atoms with van der Waals surface area (Å²) in [4.78, 5) is 20.7. The Balaban J connectivity index is 1.81. The summed E-state index contributed by atoms with van der Waals surface area (Å²) in [6.45, 7) is 0.590. The van der Waals surface area contributed by atoms with Crippen LogP contribution in [-0.2, 0) is 0 Å². The van der Waals surface area contributed by atoms with Crippen molar-refractivity contribution in [2.45, 2.75) is 31.8 Å². The Kier molecular flexibility index (Phi) is 6.84. The fourth-order valence-corrected chi connectivity index (χ4v) is 3.37. The Morgan fingerprint density at radius 2 is 1.97 bits per heavy atom. The van der Waals surface area contributed by atoms with E-state index >= 15 is 0 Å². The van der Waals surface area contributed by atoms with Crippen molar-refractivity contribution in [2.24, 2.45) is 0 Å². The number of pyridine rings is 1. The number of rotatable bonds is 8. The van der Waals surface area contributed by atoms with E-state index in [0.29, 0.717) is 5.69 Å². The molecular formula is C20H21F4N5O2S. The Bertz CT molecular complexity index is 1100. The van der Waals surface area contributed by atoms with Crippen molar-refractivity contribution >= 4 is 44.7 Å². The Morgan fingerprint density at radius 1 is 1.22 bits per heavy atom. The van der Waals surface area contributed by atoms with Crippen LogP contribution in [-0.4, -0.2) is 52.0 Å². The first-order valence-corrected chi connectivity index (χ1v) is 10.4. The molecule has 0 aliphatic rings. The number of nitrogens with zero attached hydrogens (tertiary/aromatic N) is 2. The van der Waals surface area contributed by atoms with Gasteiger partial charge in [0.1, 0.15) is 18.5 Å². The molecule has 0 spiro atoms. The van der Waals surface area contributed by atoms with E-state index in [9.17, 15) is 27.5 Å². The molecule has 0 radical (unpaired) electrons. The van der Waals surface area contributed by atoms with Crippen molar-refractivity contribution in [1.82, 2.24) is 15.3 Å². The average molecular weight is 471 g/mol. The highest BCUT2D eigenvalue weighted by molar-refractivity contribution is 7.16. The largest absolute Gasteiger partial charge is 0.405 e. The van der Waals surface area contributed by atoms with Gasteiger partial charge in [-0.25, -0.2) is 14.4 Å². The lowest BCUT2D eigenvalue weighted by Gasteiger charge is -2.22. The van der Waals surface area contributed by atoms with Crippen molar-refractivity contribution in [2.75, 3.05) is 23.7 Å². The highest BCUT2D eigenvalue weighted by Gasteiger charge is 2.29. The number of halogens is 4. The fraction of sp³-hybridized carbons (Fsp3) is 0.350. The smallest absolute Gasteiger partial charge is 0.387 e. The number of fused-ring (bicyclic) bond motifs is 1. The molecule has 0 aliphatic carbocycles. The third-order valence-corrected chi connectivity index (χ3v) is 5.23. The first-order chi connectivity index (χ1) is 14.9. The molecule has 2 aromatic heterocycles. The van der Waals surface area contributed by atoms with E-state index in [4.69, 9.17) is 0 Å². The maximum atomic E-state index is 13.9. The zero-order valence-electron chi connectivity index (χ0n) is 17.1. The summed E-state index contributed by atoms with van der Waals surface area (Å²) in [5.41, 5.74) is 1.13. The molecule has 1 unspecified atom stereocenters. The number of anilines is 3. The fourth-order valence-electron chi connectivity index (χ4n) is 2.65. The van der Waals surface area contributed by atoms with Crippen LogP contribution in [0.25, 0.3) is 10.2 Å². The molecule has 0 saturated heterocycles. The second-order valence-electron chi connectivity index (χ2n) is 7.57. The minimum Gasteiger partial charge on any atom is -0.387 e. The predicted octanol–water partition coefficient (Wildman–Crippen LogP) is 4.25. The molecular weight excluding hydrogens is 450 g/mol. The minimum atomic E-state index is -4.52. The van der Waals surface area contributed by atoms with Gasteiger partial charge in [0.2, 0.25) is 0 Å². The third-order valence-electron chi connectivity index (χ3n) is 4.44. The third kappa shape index (κ3) is 6.26. The molecule has 12 heteroatoms. The van der Waals surface area contributed by atoms with Gasteiger partial charge >= 0.3 is 6.18 Å². The predicted molar refractivity (Wildman–Crippen MR) is 115 cm³/mol. The summed E-state index contributed by atoms with van der Waals surface area (Å²) in [7, 11) is 0. The van der Waals surface area contributed by atoms with Gasteiger partial charge in [-0.05, 0) is 32.0 Å². The second-order valence-corrected chi connectivity index (χ2v) is 8.46. The van der Waals surface area contributed by atoms with Crippen LogP contribution in [0.3, 0.4) is 0 Å². The molecule has 0 fully saturated rings. The number of nitrogens with one attached hydrogen (secondary N) is 3. The Morgan fingerprint density at radius 3 is 2.66 bits per heavy atom. The molecule has 3 aromatic rings. The quantitative estimate of drug-likeness (QED) is 0.367. The van der Waals surface area contributed by atoms with Gasteiger partial charge in [0.25, 0.3) is 5.91 Å². The van der Waals surface area contributed by atoms with Crippen LogP contribution < -0.4 is 16.0 Å². The van der Waals surface area contributed by atoms with Crippen LogP contribution in [0.2, 0.25) is 0 Å². The number of aromatic nitrogens is 2. The number of thiazole rings is 1. The topological polar surface area (TPSA) is 99.2 Å². The van der Waals surface area contributed by atoms with Gasteiger partial charge in [-0.1, -0.05) is 0 Å². The molecule has 1 amide bonds. The number of alkyl halides is 4. The van der Waals surface area contributed by atoms with Gasteiger partial charge in [-0.15, -0.1) is 11.3 Å². The first-order valence-electron chi connectivity index (χ1n) is 9.48. The van der Waals surface area contributed by atoms with Gasteiger partial charge in [-0.3, -0.25) is 4.79 Å². The number of amides is 1. The number of carbonyl (C=O) groups is 1. The van der Waals surface area contributed by atoms with E-state index in [1.807, 2.05) is 6.07 Å². The van der Waals surface area contributed by atoms with Crippen LogP contribution in [0.4, 0.5) is 34.8 Å². The molecule has 0 bridgehead atoms. The van der Waals surface area contributed by atoms with Gasteiger partial charge in [0, 0.05) is 18.0 Å². The van der Waals surface area contributed by atoms with Crippen LogP contribution in [0.5, 0.6) is 0 Å². The molecule has 0 aliphatic heterocycles. The number of hydrogen-bond donors (Lipinski definition) is 4. The zero-order chi connectivity index (χ0) is 23.5. The van der Waals surface area contributed by atoms with Crippen molar-refractivity contribution < 1.29 is 27.5 Å². The summed E-state index contributed by atoms with van der Waals surface area (Å²) >= 11 is 1.43. The lowest BCUT2D eigenvalue weighted by molar-refractivity contribution is -0.115. The Hall–Kier alpha value is -2.99.